The number of hydrogen-bond acceptors (Lipinski definition) is 7. The topological polar surface area (TPSA) is 142 Å². The number of piperidine rings is 1. The number of imide groups is 2. The van der Waals surface area contributed by atoms with Gasteiger partial charge in [0.15, 0.2) is 5.54 Å². The normalized spacial score (nSPS) is 22.1. The number of carbonyl (C=O) groups excluding carboxylic acids is 5. The fourth-order valence-electron chi connectivity index (χ4n) is 3.25. The average Bonchev–Trinajstić information content (AvgIpc) is 2.83. The van der Waals surface area contributed by atoms with E-state index in [4.69, 9.17) is 0 Å². The number of rotatable bonds is 4. The lowest BCUT2D eigenvalue weighted by Crippen LogP contribution is -2.66. The molecule has 10 nitrogen and oxygen atoms in total. The van der Waals surface area contributed by atoms with Gasteiger partial charge in [-0.15, -0.1) is 0 Å². The van der Waals surface area contributed by atoms with Crippen molar-refractivity contribution in [2.75, 3.05) is 11.9 Å². The van der Waals surface area contributed by atoms with Gasteiger partial charge in [-0.3, -0.25) is 34.2 Å². The third-order valence-corrected chi connectivity index (χ3v) is 4.42. The molecule has 0 aliphatic carbocycles. The molecule has 2 N–H and O–H groups in total. The highest BCUT2D eigenvalue weighted by Gasteiger charge is 2.56. The van der Waals surface area contributed by atoms with E-state index in [9.17, 15) is 28.9 Å². The molecule has 1 fully saturated rings. The summed E-state index contributed by atoms with van der Waals surface area (Å²) < 4.78 is 0. The molecule has 2 aliphatic heterocycles. The Hall–Kier alpha value is -3.43. The Balaban J connectivity index is 2.11. The van der Waals surface area contributed by atoms with Crippen LogP contribution in [0.25, 0.3) is 0 Å². The lowest BCUT2D eigenvalue weighted by Gasteiger charge is -2.39. The zero-order valence-corrected chi connectivity index (χ0v) is 13.7. The molecular formula is C16H14N4O6. The van der Waals surface area contributed by atoms with Crippen LogP contribution in [-0.4, -0.2) is 46.5 Å². The number of nitroso groups, excluding NO2 is 1. The molecule has 0 saturated carbocycles. The van der Waals surface area contributed by atoms with Gasteiger partial charge in [-0.05, 0) is 18.6 Å². The molecule has 0 spiro atoms. The van der Waals surface area contributed by atoms with Crippen LogP contribution in [0.5, 0.6) is 0 Å². The van der Waals surface area contributed by atoms with E-state index in [1.807, 2.05) is 0 Å². The Morgan fingerprint density at radius 3 is 2.62 bits per heavy atom. The molecule has 1 atom stereocenters. The summed E-state index contributed by atoms with van der Waals surface area (Å²) in [7, 11) is 0. The molecule has 1 aromatic carbocycles. The largest absolute Gasteiger partial charge is 0.326 e. The van der Waals surface area contributed by atoms with Crippen molar-refractivity contribution in [2.24, 2.45) is 5.18 Å². The van der Waals surface area contributed by atoms with Crippen LogP contribution in [0.2, 0.25) is 0 Å². The Morgan fingerprint density at radius 2 is 2.00 bits per heavy atom. The molecule has 1 saturated heterocycles. The summed E-state index contributed by atoms with van der Waals surface area (Å²) in [5, 5.41) is 7.23. The van der Waals surface area contributed by atoms with Gasteiger partial charge < -0.3 is 5.32 Å². The van der Waals surface area contributed by atoms with Crippen LogP contribution < -0.4 is 10.6 Å². The molecule has 2 aliphatic rings. The lowest BCUT2D eigenvalue weighted by atomic mass is 9.87. The van der Waals surface area contributed by atoms with Gasteiger partial charge in [-0.25, -0.2) is 0 Å². The first-order valence-electron chi connectivity index (χ1n) is 7.74. The van der Waals surface area contributed by atoms with Gasteiger partial charge in [0.25, 0.3) is 17.7 Å². The van der Waals surface area contributed by atoms with Crippen LogP contribution in [0.3, 0.4) is 0 Å². The Labute approximate surface area is 146 Å². The van der Waals surface area contributed by atoms with Gasteiger partial charge in [0, 0.05) is 13.3 Å². The summed E-state index contributed by atoms with van der Waals surface area (Å²) in [6.07, 6.45) is -0.350. The van der Waals surface area contributed by atoms with E-state index >= 15 is 0 Å². The summed E-state index contributed by atoms with van der Waals surface area (Å²) in [4.78, 5) is 72.7. The average molecular weight is 358 g/mol. The predicted octanol–water partition coefficient (Wildman–Crippen LogP) is 0.183. The quantitative estimate of drug-likeness (QED) is 0.581. The standard InChI is InChI=1S/C16H14N4O6/c1-8(21)18-10-4-2-3-9-12(10)14(24)20(13(9)23)16(7-17-26)6-5-11(22)19-15(16)25/h2-4H,5-7H2,1H3,(H,18,21)(H,19,22,25). The van der Waals surface area contributed by atoms with Gasteiger partial charge in [-0.2, -0.15) is 4.91 Å². The van der Waals surface area contributed by atoms with E-state index < -0.39 is 41.6 Å². The van der Waals surface area contributed by atoms with E-state index in [2.05, 4.69) is 15.8 Å². The summed E-state index contributed by atoms with van der Waals surface area (Å²) in [5.74, 6) is -3.55. The summed E-state index contributed by atoms with van der Waals surface area (Å²) in [6.45, 7) is 0.573. The first kappa shape index (κ1) is 17.4. The molecule has 3 rings (SSSR count). The van der Waals surface area contributed by atoms with E-state index in [0.717, 1.165) is 0 Å². The van der Waals surface area contributed by atoms with E-state index in [1.54, 1.807) is 0 Å². The molecule has 1 aromatic rings. The van der Waals surface area contributed by atoms with Crippen LogP contribution in [-0.2, 0) is 14.4 Å². The number of amides is 5. The third-order valence-electron chi connectivity index (χ3n) is 4.42. The van der Waals surface area contributed by atoms with Gasteiger partial charge in [0.05, 0.1) is 16.8 Å². The van der Waals surface area contributed by atoms with Gasteiger partial charge >= 0.3 is 0 Å². The third kappa shape index (κ3) is 2.46. The molecule has 1 unspecified atom stereocenters. The van der Waals surface area contributed by atoms with Crippen molar-refractivity contribution in [3.05, 3.63) is 34.2 Å². The number of anilines is 1. The van der Waals surface area contributed by atoms with Crippen LogP contribution in [0, 0.1) is 4.91 Å². The molecule has 0 aromatic heterocycles. The monoisotopic (exact) mass is 358 g/mol. The van der Waals surface area contributed by atoms with Gasteiger partial charge in [-0.1, -0.05) is 11.2 Å². The highest BCUT2D eigenvalue weighted by Crippen LogP contribution is 2.37. The molecule has 2 heterocycles. The van der Waals surface area contributed by atoms with Gasteiger partial charge in [0.1, 0.15) is 6.54 Å². The van der Waals surface area contributed by atoms with E-state index in [1.165, 1.54) is 25.1 Å². The van der Waals surface area contributed by atoms with Crippen molar-refractivity contribution in [3.8, 4) is 0 Å². The maximum atomic E-state index is 13.0. The van der Waals surface area contributed by atoms with E-state index in [-0.39, 0.29) is 29.7 Å². The minimum absolute atomic E-state index is 0.00350. The van der Waals surface area contributed by atoms with Crippen molar-refractivity contribution >= 4 is 35.2 Å². The van der Waals surface area contributed by atoms with Crippen molar-refractivity contribution in [2.45, 2.75) is 25.3 Å². The zero-order chi connectivity index (χ0) is 19.1. The second kappa shape index (κ2) is 6.14. The Kier molecular flexibility index (Phi) is 4.10. The highest BCUT2D eigenvalue weighted by atomic mass is 16.3. The highest BCUT2D eigenvalue weighted by molar-refractivity contribution is 6.26. The SMILES string of the molecule is CC(=O)Nc1cccc2c1C(=O)N(C1(CN=O)CCC(=O)NC1=O)C2=O. The van der Waals surface area contributed by atoms with Crippen LogP contribution in [0.1, 0.15) is 40.5 Å². The zero-order valence-electron chi connectivity index (χ0n) is 13.7. The van der Waals surface area contributed by atoms with Gasteiger partial charge in [0.2, 0.25) is 11.8 Å². The molecule has 0 radical (unpaired) electrons. The number of nitrogens with one attached hydrogen (secondary N) is 2. The Bertz CT molecular complexity index is 879. The second-order valence-electron chi connectivity index (χ2n) is 6.05. The first-order valence-corrected chi connectivity index (χ1v) is 7.74. The summed E-state index contributed by atoms with van der Waals surface area (Å²) in [5.41, 5.74) is -1.83. The van der Waals surface area contributed by atoms with Crippen LogP contribution in [0.4, 0.5) is 5.69 Å². The summed E-state index contributed by atoms with van der Waals surface area (Å²) in [6, 6.07) is 4.31. The number of benzene rings is 1. The fraction of sp³-hybridized carbons (Fsp3) is 0.312. The van der Waals surface area contributed by atoms with Crippen molar-refractivity contribution in [1.29, 1.82) is 0 Å². The minimum atomic E-state index is -1.88. The van der Waals surface area contributed by atoms with Crippen LogP contribution >= 0.6 is 0 Å². The number of carbonyl (C=O) groups is 5. The van der Waals surface area contributed by atoms with Crippen molar-refractivity contribution in [1.82, 2.24) is 10.2 Å². The maximum absolute atomic E-state index is 13.0. The predicted molar refractivity (Wildman–Crippen MR) is 87.0 cm³/mol. The molecule has 5 amide bonds. The smallest absolute Gasteiger partial charge is 0.264 e. The first-order chi connectivity index (χ1) is 12.3. The Morgan fingerprint density at radius 1 is 1.27 bits per heavy atom. The van der Waals surface area contributed by atoms with Crippen molar-refractivity contribution < 1.29 is 24.0 Å². The minimum Gasteiger partial charge on any atom is -0.326 e. The molecule has 134 valence electrons. The molecule has 26 heavy (non-hydrogen) atoms. The number of hydrogen-bond donors (Lipinski definition) is 2. The second-order valence-corrected chi connectivity index (χ2v) is 6.05. The van der Waals surface area contributed by atoms with Crippen molar-refractivity contribution in [3.63, 3.8) is 0 Å². The molecule has 0 bridgehead atoms. The van der Waals surface area contributed by atoms with Crippen LogP contribution in [0.15, 0.2) is 23.4 Å². The molecular weight excluding hydrogens is 344 g/mol. The number of nitrogens with zero attached hydrogens (tertiary/aromatic N) is 2. The number of fused-ring (bicyclic) bond motifs is 1. The summed E-state index contributed by atoms with van der Waals surface area (Å²) >= 11 is 0. The lowest BCUT2D eigenvalue weighted by molar-refractivity contribution is -0.141. The molecule has 10 heteroatoms. The maximum Gasteiger partial charge on any atom is 0.264 e. The fourth-order valence-corrected chi connectivity index (χ4v) is 3.25. The van der Waals surface area contributed by atoms with E-state index in [0.29, 0.717) is 4.90 Å².